The van der Waals surface area contributed by atoms with Gasteiger partial charge in [0.15, 0.2) is 0 Å². The van der Waals surface area contributed by atoms with Crippen LogP contribution in [0.5, 0.6) is 0 Å². The second kappa shape index (κ2) is 6.01. The first-order valence-electron chi connectivity index (χ1n) is 5.62. The Morgan fingerprint density at radius 3 is 2.56 bits per heavy atom. The molecule has 0 spiro atoms. The van der Waals surface area contributed by atoms with Crippen LogP contribution >= 0.6 is 11.6 Å². The molecule has 8 heteroatoms. The summed E-state index contributed by atoms with van der Waals surface area (Å²) >= 11 is 5.92. The van der Waals surface area contributed by atoms with Crippen molar-refractivity contribution >= 4 is 21.6 Å². The summed E-state index contributed by atoms with van der Waals surface area (Å²) in [6.07, 6.45) is 1.74. The summed E-state index contributed by atoms with van der Waals surface area (Å²) in [6.45, 7) is 3.72. The van der Waals surface area contributed by atoms with E-state index in [1.54, 1.807) is 20.9 Å². The fourth-order valence-electron chi connectivity index (χ4n) is 1.56. The maximum Gasteiger partial charge on any atom is 0.263 e. The van der Waals surface area contributed by atoms with Gasteiger partial charge in [0.05, 0.1) is 6.33 Å². The van der Waals surface area contributed by atoms with Gasteiger partial charge in [-0.05, 0) is 20.3 Å². The zero-order chi connectivity index (χ0) is 13.9. The predicted octanol–water partition coefficient (Wildman–Crippen LogP) is 0.855. The van der Waals surface area contributed by atoms with Gasteiger partial charge in [-0.25, -0.2) is 13.4 Å². The molecule has 0 aliphatic rings. The first kappa shape index (κ1) is 15.4. The highest BCUT2D eigenvalue weighted by Crippen LogP contribution is 2.24. The lowest BCUT2D eigenvalue weighted by atomic mass is 10.3. The summed E-state index contributed by atoms with van der Waals surface area (Å²) in [5.74, 6) is 0. The van der Waals surface area contributed by atoms with Crippen LogP contribution in [0.4, 0.5) is 0 Å². The summed E-state index contributed by atoms with van der Waals surface area (Å²) < 4.78 is 27.5. The van der Waals surface area contributed by atoms with Gasteiger partial charge in [0.2, 0.25) is 5.03 Å². The Morgan fingerprint density at radius 1 is 1.56 bits per heavy atom. The van der Waals surface area contributed by atoms with Crippen LogP contribution in [0.15, 0.2) is 11.4 Å². The molecule has 0 unspecified atom stereocenters. The second-order valence-electron chi connectivity index (χ2n) is 4.24. The van der Waals surface area contributed by atoms with Crippen LogP contribution in [0.2, 0.25) is 5.15 Å². The minimum absolute atomic E-state index is 0.0608. The number of hydrogen-bond donors (Lipinski definition) is 1. The molecule has 0 saturated heterocycles. The maximum atomic E-state index is 12.4. The number of rotatable bonds is 6. The third kappa shape index (κ3) is 3.03. The zero-order valence-corrected chi connectivity index (χ0v) is 12.2. The molecule has 0 bridgehead atoms. The third-order valence-electron chi connectivity index (χ3n) is 2.50. The van der Waals surface area contributed by atoms with E-state index in [1.807, 2.05) is 0 Å². The molecule has 0 amide bonds. The predicted molar refractivity (Wildman–Crippen MR) is 68.9 cm³/mol. The summed E-state index contributed by atoms with van der Waals surface area (Å²) in [6, 6.07) is -0.223. The minimum Gasteiger partial charge on any atom is -0.396 e. The highest BCUT2D eigenvalue weighted by molar-refractivity contribution is 7.89. The Bertz CT molecular complexity index is 498. The molecule has 1 heterocycles. The third-order valence-corrected chi connectivity index (χ3v) is 5.07. The molecule has 0 aliphatic heterocycles. The van der Waals surface area contributed by atoms with Crippen molar-refractivity contribution in [2.24, 2.45) is 7.05 Å². The molecule has 0 fully saturated rings. The lowest BCUT2D eigenvalue weighted by Crippen LogP contribution is -2.38. The number of aromatic nitrogens is 2. The molecular weight excluding hydrogens is 278 g/mol. The quantitative estimate of drug-likeness (QED) is 0.844. The molecule has 0 atom stereocenters. The average Bonchev–Trinajstić information content (AvgIpc) is 2.60. The van der Waals surface area contributed by atoms with E-state index in [0.717, 1.165) is 0 Å². The maximum absolute atomic E-state index is 12.4. The largest absolute Gasteiger partial charge is 0.396 e. The summed E-state index contributed by atoms with van der Waals surface area (Å²) in [4.78, 5) is 3.84. The van der Waals surface area contributed by atoms with Crippen molar-refractivity contribution in [2.75, 3.05) is 13.2 Å². The first-order chi connectivity index (χ1) is 8.32. The van der Waals surface area contributed by atoms with Crippen molar-refractivity contribution in [3.63, 3.8) is 0 Å². The number of aliphatic hydroxyl groups is 1. The number of sulfonamides is 1. The van der Waals surface area contributed by atoms with Crippen molar-refractivity contribution in [3.05, 3.63) is 11.5 Å². The van der Waals surface area contributed by atoms with E-state index in [1.165, 1.54) is 15.2 Å². The highest BCUT2D eigenvalue weighted by Gasteiger charge is 2.31. The molecule has 1 N–H and O–H groups in total. The molecular formula is C10H18ClN3O3S. The lowest BCUT2D eigenvalue weighted by Gasteiger charge is -2.24. The van der Waals surface area contributed by atoms with E-state index in [4.69, 9.17) is 16.7 Å². The van der Waals surface area contributed by atoms with E-state index in [2.05, 4.69) is 4.98 Å². The molecule has 6 nitrogen and oxygen atoms in total. The number of hydrogen-bond acceptors (Lipinski definition) is 4. The van der Waals surface area contributed by atoms with Crippen LogP contribution in [0.25, 0.3) is 0 Å². The van der Waals surface area contributed by atoms with Gasteiger partial charge in [-0.2, -0.15) is 4.31 Å². The molecule has 0 aromatic carbocycles. The smallest absolute Gasteiger partial charge is 0.263 e. The first-order valence-corrected chi connectivity index (χ1v) is 7.43. The van der Waals surface area contributed by atoms with Gasteiger partial charge in [-0.1, -0.05) is 11.6 Å². The number of aliphatic hydroxyl groups excluding tert-OH is 1. The standard InChI is InChI=1S/C10H18ClN3O3S/c1-8(2)14(5-4-6-15)18(16,17)10-9(11)13(3)7-12-10/h7-8,15H,4-6H2,1-3H3. The minimum atomic E-state index is -3.72. The van der Waals surface area contributed by atoms with Crippen LogP contribution in [-0.4, -0.2) is 46.6 Å². The van der Waals surface area contributed by atoms with Gasteiger partial charge in [-0.3, -0.25) is 0 Å². The van der Waals surface area contributed by atoms with E-state index in [0.29, 0.717) is 6.42 Å². The average molecular weight is 296 g/mol. The van der Waals surface area contributed by atoms with Crippen molar-refractivity contribution in [3.8, 4) is 0 Å². The molecule has 104 valence electrons. The van der Waals surface area contributed by atoms with Crippen LogP contribution in [0, 0.1) is 0 Å². The van der Waals surface area contributed by atoms with Crippen molar-refractivity contribution in [1.29, 1.82) is 0 Å². The normalized spacial score (nSPS) is 12.6. The molecule has 1 rings (SSSR count). The Hall–Kier alpha value is -0.630. The van der Waals surface area contributed by atoms with Gasteiger partial charge in [0, 0.05) is 26.2 Å². The number of aryl methyl sites for hydroxylation is 1. The second-order valence-corrected chi connectivity index (χ2v) is 6.40. The SMILES string of the molecule is CC(C)N(CCCO)S(=O)(=O)c1ncn(C)c1Cl. The number of imidazole rings is 1. The molecule has 0 saturated carbocycles. The molecule has 1 aromatic rings. The summed E-state index contributed by atoms with van der Waals surface area (Å²) in [5, 5.41) is 8.77. The van der Waals surface area contributed by atoms with E-state index < -0.39 is 10.0 Å². The fraction of sp³-hybridized carbons (Fsp3) is 0.700. The number of nitrogens with zero attached hydrogens (tertiary/aromatic N) is 3. The molecule has 1 aromatic heterocycles. The van der Waals surface area contributed by atoms with E-state index >= 15 is 0 Å². The lowest BCUT2D eigenvalue weighted by molar-refractivity contribution is 0.258. The van der Waals surface area contributed by atoms with Gasteiger partial charge in [-0.15, -0.1) is 0 Å². The van der Waals surface area contributed by atoms with Crippen LogP contribution in [-0.2, 0) is 17.1 Å². The van der Waals surface area contributed by atoms with Gasteiger partial charge >= 0.3 is 0 Å². The van der Waals surface area contributed by atoms with E-state index in [-0.39, 0.29) is 29.4 Å². The van der Waals surface area contributed by atoms with E-state index in [9.17, 15) is 8.42 Å². The Morgan fingerprint density at radius 2 is 2.17 bits per heavy atom. The molecule has 18 heavy (non-hydrogen) atoms. The van der Waals surface area contributed by atoms with Crippen LogP contribution < -0.4 is 0 Å². The Balaban J connectivity index is 3.13. The van der Waals surface area contributed by atoms with Crippen LogP contribution in [0.1, 0.15) is 20.3 Å². The Labute approximate surface area is 112 Å². The van der Waals surface area contributed by atoms with Crippen molar-refractivity contribution in [2.45, 2.75) is 31.3 Å². The van der Waals surface area contributed by atoms with Gasteiger partial charge in [0.1, 0.15) is 5.15 Å². The fourth-order valence-corrected chi connectivity index (χ4v) is 3.63. The van der Waals surface area contributed by atoms with Gasteiger partial charge < -0.3 is 9.67 Å². The zero-order valence-electron chi connectivity index (χ0n) is 10.7. The highest BCUT2D eigenvalue weighted by atomic mass is 35.5. The number of halogens is 1. The van der Waals surface area contributed by atoms with Crippen molar-refractivity contribution in [1.82, 2.24) is 13.9 Å². The topological polar surface area (TPSA) is 75.4 Å². The summed E-state index contributed by atoms with van der Waals surface area (Å²) in [5.41, 5.74) is 0. The van der Waals surface area contributed by atoms with Crippen molar-refractivity contribution < 1.29 is 13.5 Å². The Kier molecular flexibility index (Phi) is 5.15. The summed E-state index contributed by atoms with van der Waals surface area (Å²) in [7, 11) is -2.10. The van der Waals surface area contributed by atoms with Crippen LogP contribution in [0.3, 0.4) is 0 Å². The van der Waals surface area contributed by atoms with Gasteiger partial charge in [0.25, 0.3) is 10.0 Å². The molecule has 0 radical (unpaired) electrons. The monoisotopic (exact) mass is 295 g/mol. The molecule has 0 aliphatic carbocycles.